The maximum Gasteiger partial charge on any atom is 0.259 e. The molecular weight excluding hydrogens is 399 g/mol. The molecule has 0 saturated carbocycles. The number of carbonyl (C=O) groups excluding carboxylic acids is 1. The van der Waals surface area contributed by atoms with Gasteiger partial charge in [0.25, 0.3) is 5.91 Å². The van der Waals surface area contributed by atoms with E-state index in [1.165, 1.54) is 18.2 Å². The molecule has 0 radical (unpaired) electrons. The summed E-state index contributed by atoms with van der Waals surface area (Å²) >= 11 is 0. The van der Waals surface area contributed by atoms with E-state index in [0.717, 1.165) is 19.3 Å². The predicted octanol–water partition coefficient (Wildman–Crippen LogP) is -0.489. The molecule has 0 bridgehead atoms. The Morgan fingerprint density at radius 3 is 2.53 bits per heavy atom. The summed E-state index contributed by atoms with van der Waals surface area (Å²) in [6.45, 7) is 0.329. The zero-order valence-corrected chi connectivity index (χ0v) is 16.7. The summed E-state index contributed by atoms with van der Waals surface area (Å²) in [5.41, 5.74) is 5.35. The molecule has 1 aliphatic heterocycles. The fourth-order valence-electron chi connectivity index (χ4n) is 3.15. The second-order valence-corrected chi connectivity index (χ2v) is 7.21. The highest BCUT2D eigenvalue weighted by Crippen LogP contribution is 2.31. The predicted molar refractivity (Wildman–Crippen MR) is 105 cm³/mol. The van der Waals surface area contributed by atoms with E-state index in [1.54, 1.807) is 6.07 Å². The van der Waals surface area contributed by atoms with Gasteiger partial charge < -0.3 is 41.0 Å². The lowest BCUT2D eigenvalue weighted by molar-refractivity contribution is -0.277. The molecule has 9 nitrogen and oxygen atoms in total. The first-order chi connectivity index (χ1) is 14.4. The van der Waals surface area contributed by atoms with Gasteiger partial charge in [0.05, 0.1) is 6.61 Å². The lowest BCUT2D eigenvalue weighted by Gasteiger charge is -2.39. The molecule has 7 N–H and O–H groups in total. The van der Waals surface area contributed by atoms with E-state index in [0.29, 0.717) is 19.5 Å². The molecule has 1 aromatic carbocycles. The lowest BCUT2D eigenvalue weighted by Crippen LogP contribution is -2.60. The summed E-state index contributed by atoms with van der Waals surface area (Å²) < 4.78 is 25.6. The molecule has 1 saturated heterocycles. The fourth-order valence-corrected chi connectivity index (χ4v) is 3.15. The molecule has 1 amide bonds. The number of nitrogens with two attached hydrogens (primary N) is 1. The van der Waals surface area contributed by atoms with E-state index in [9.17, 15) is 29.6 Å². The highest BCUT2D eigenvalue weighted by molar-refractivity contribution is 5.82. The maximum absolute atomic E-state index is 14.8. The van der Waals surface area contributed by atoms with E-state index in [-0.39, 0.29) is 11.3 Å². The van der Waals surface area contributed by atoms with Gasteiger partial charge in [0.2, 0.25) is 12.5 Å². The Hall–Kier alpha value is -1.82. The minimum Gasteiger partial charge on any atom is -0.462 e. The largest absolute Gasteiger partial charge is 0.462 e. The molecule has 0 aliphatic carbocycles. The molecule has 1 fully saturated rings. The number of unbranched alkanes of at least 4 members (excludes halogenated alkanes) is 3. The van der Waals surface area contributed by atoms with Gasteiger partial charge in [0, 0.05) is 12.1 Å². The average Bonchev–Trinajstić information content (AvgIpc) is 2.76. The van der Waals surface area contributed by atoms with E-state index >= 15 is 0 Å². The van der Waals surface area contributed by atoms with Crippen molar-refractivity contribution < 1.29 is 39.1 Å². The first-order valence-corrected chi connectivity index (χ1v) is 10.1. The van der Waals surface area contributed by atoms with Crippen LogP contribution in [0.15, 0.2) is 24.3 Å². The molecular formula is C20H31FN2O7. The van der Waals surface area contributed by atoms with Crippen molar-refractivity contribution in [2.75, 3.05) is 19.7 Å². The number of para-hydroxylation sites is 1. The molecule has 0 spiro atoms. The number of benzene rings is 1. The number of amides is 1. The first kappa shape index (κ1) is 24.4. The maximum atomic E-state index is 14.8. The van der Waals surface area contributed by atoms with Crippen LogP contribution in [0.5, 0.6) is 5.75 Å². The molecule has 2 rings (SSSR count). The zero-order chi connectivity index (χ0) is 22.1. The van der Waals surface area contributed by atoms with Gasteiger partial charge in [-0.15, -0.1) is 0 Å². The number of hydrogen-bond donors (Lipinski definition) is 6. The van der Waals surface area contributed by atoms with Crippen LogP contribution in [-0.4, -0.2) is 76.7 Å². The van der Waals surface area contributed by atoms with E-state index in [1.807, 2.05) is 0 Å². The molecule has 170 valence electrons. The number of hydrogen-bond acceptors (Lipinski definition) is 8. The van der Waals surface area contributed by atoms with Crippen molar-refractivity contribution in [3.05, 3.63) is 29.8 Å². The van der Waals surface area contributed by atoms with Gasteiger partial charge in [-0.2, -0.15) is 0 Å². The normalized spacial score (nSPS) is 27.5. The summed E-state index contributed by atoms with van der Waals surface area (Å²) in [6.07, 6.45) is -6.02. The van der Waals surface area contributed by atoms with Crippen LogP contribution in [0, 0.1) is 0 Å². The van der Waals surface area contributed by atoms with Crippen molar-refractivity contribution in [2.24, 2.45) is 5.73 Å². The van der Waals surface area contributed by atoms with Crippen molar-refractivity contribution in [3.8, 4) is 5.75 Å². The number of carbonyl (C=O) groups is 1. The van der Waals surface area contributed by atoms with E-state index < -0.39 is 49.4 Å². The SMILES string of the molecule is NCCCCCCNC(=O)C(F)c1ccccc1O[C@H]1O[C@H](CO)[C@@H](O)[C@H](O)[C@H]1O. The van der Waals surface area contributed by atoms with Crippen molar-refractivity contribution in [3.63, 3.8) is 0 Å². The van der Waals surface area contributed by atoms with Gasteiger partial charge in [-0.05, 0) is 25.5 Å². The number of alkyl halides is 1. The van der Waals surface area contributed by atoms with Crippen LogP contribution in [0.25, 0.3) is 0 Å². The van der Waals surface area contributed by atoms with Crippen LogP contribution < -0.4 is 15.8 Å². The van der Waals surface area contributed by atoms with Crippen molar-refractivity contribution in [2.45, 2.75) is 62.6 Å². The van der Waals surface area contributed by atoms with Crippen LogP contribution in [0.3, 0.4) is 0 Å². The van der Waals surface area contributed by atoms with E-state index in [2.05, 4.69) is 5.32 Å². The summed E-state index contributed by atoms with van der Waals surface area (Å²) in [6, 6.07) is 5.83. The zero-order valence-electron chi connectivity index (χ0n) is 16.7. The standard InChI is InChI=1S/C20H31FN2O7/c21-15(19(28)23-10-6-2-1-5-9-22)12-7-3-4-8-13(12)29-20-18(27)17(26)16(25)14(11-24)30-20/h3-4,7-8,14-18,20,24-27H,1-2,5-6,9-11,22H2,(H,23,28)/t14-,15?,16-,17+,18-,20+/m1/s1. The highest BCUT2D eigenvalue weighted by Gasteiger charge is 2.45. The number of aliphatic hydroxyl groups is 4. The molecule has 6 atom stereocenters. The van der Waals surface area contributed by atoms with Gasteiger partial charge in [0.15, 0.2) is 0 Å². The van der Waals surface area contributed by atoms with Crippen molar-refractivity contribution in [1.29, 1.82) is 0 Å². The fraction of sp³-hybridized carbons (Fsp3) is 0.650. The van der Waals surface area contributed by atoms with E-state index in [4.69, 9.17) is 15.2 Å². The number of ether oxygens (including phenoxy) is 2. The minimum absolute atomic E-state index is 0.0626. The van der Waals surface area contributed by atoms with Crippen molar-refractivity contribution >= 4 is 5.91 Å². The Bertz CT molecular complexity index is 664. The molecule has 1 unspecified atom stereocenters. The quantitative estimate of drug-likeness (QED) is 0.257. The van der Waals surface area contributed by atoms with Crippen LogP contribution in [-0.2, 0) is 9.53 Å². The third-order valence-electron chi connectivity index (χ3n) is 4.94. The first-order valence-electron chi connectivity index (χ1n) is 10.1. The molecule has 1 aromatic rings. The number of halogens is 1. The molecule has 30 heavy (non-hydrogen) atoms. The summed E-state index contributed by atoms with van der Waals surface area (Å²) in [5, 5.41) is 41.6. The summed E-state index contributed by atoms with van der Waals surface area (Å²) in [5.74, 6) is -0.883. The average molecular weight is 430 g/mol. The number of aliphatic hydroxyl groups excluding tert-OH is 4. The Morgan fingerprint density at radius 1 is 1.13 bits per heavy atom. The highest BCUT2D eigenvalue weighted by atomic mass is 19.1. The summed E-state index contributed by atoms with van der Waals surface area (Å²) in [4.78, 5) is 12.2. The smallest absolute Gasteiger partial charge is 0.259 e. The van der Waals surface area contributed by atoms with Gasteiger partial charge in [-0.1, -0.05) is 31.0 Å². The van der Waals surface area contributed by atoms with Gasteiger partial charge >= 0.3 is 0 Å². The van der Waals surface area contributed by atoms with Crippen LogP contribution in [0.2, 0.25) is 0 Å². The van der Waals surface area contributed by atoms with Crippen LogP contribution in [0.4, 0.5) is 4.39 Å². The minimum atomic E-state index is -2.02. The molecule has 0 aromatic heterocycles. The lowest BCUT2D eigenvalue weighted by atomic mass is 9.99. The Morgan fingerprint density at radius 2 is 1.83 bits per heavy atom. The monoisotopic (exact) mass is 430 g/mol. The molecule has 1 aliphatic rings. The van der Waals surface area contributed by atoms with Crippen LogP contribution >= 0.6 is 0 Å². The third-order valence-corrected chi connectivity index (χ3v) is 4.94. The van der Waals surface area contributed by atoms with Crippen LogP contribution in [0.1, 0.15) is 37.4 Å². The van der Waals surface area contributed by atoms with Crippen molar-refractivity contribution in [1.82, 2.24) is 5.32 Å². The Balaban J connectivity index is 2.00. The van der Waals surface area contributed by atoms with Gasteiger partial charge in [0.1, 0.15) is 30.2 Å². The van der Waals surface area contributed by atoms with Gasteiger partial charge in [-0.3, -0.25) is 4.79 Å². The Labute approximate surface area is 174 Å². The van der Waals surface area contributed by atoms with Gasteiger partial charge in [-0.25, -0.2) is 4.39 Å². The topological polar surface area (TPSA) is 154 Å². The second kappa shape index (κ2) is 12.1. The molecule has 1 heterocycles. The third kappa shape index (κ3) is 6.34. The second-order valence-electron chi connectivity index (χ2n) is 7.21. The number of nitrogens with one attached hydrogen (secondary N) is 1. The Kier molecular flexibility index (Phi) is 9.89. The summed E-state index contributed by atoms with van der Waals surface area (Å²) in [7, 11) is 0. The number of rotatable bonds is 11. The molecule has 10 heteroatoms.